The van der Waals surface area contributed by atoms with Crippen LogP contribution < -0.4 is 5.73 Å². The fourth-order valence-corrected chi connectivity index (χ4v) is 2.93. The zero-order valence-corrected chi connectivity index (χ0v) is 9.79. The van der Waals surface area contributed by atoms with E-state index in [1.165, 1.54) is 17.4 Å². The molecule has 0 amide bonds. The minimum absolute atomic E-state index is 0.179. The molecule has 2 nitrogen and oxygen atoms in total. The van der Waals surface area contributed by atoms with E-state index < -0.39 is 0 Å². The molecule has 1 atom stereocenters. The normalized spacial score (nSPS) is 27.2. The first-order chi connectivity index (χ1) is 7.59. The molecule has 16 heavy (non-hydrogen) atoms. The van der Waals surface area contributed by atoms with Crippen molar-refractivity contribution in [3.05, 3.63) is 36.1 Å². The molecular weight excluding hydrogens is 198 g/mol. The van der Waals surface area contributed by atoms with Crippen LogP contribution in [0, 0.1) is 5.41 Å². The van der Waals surface area contributed by atoms with Crippen molar-refractivity contribution in [2.45, 2.75) is 25.7 Å². The molecule has 1 aromatic carbocycles. The SMILES string of the molecule is CC1(C)CC1(CN)c1ccc2occc2c1. The fraction of sp³-hybridized carbons (Fsp3) is 0.429. The second-order valence-corrected chi connectivity index (χ2v) is 5.52. The second-order valence-electron chi connectivity index (χ2n) is 5.52. The summed E-state index contributed by atoms with van der Waals surface area (Å²) in [7, 11) is 0. The van der Waals surface area contributed by atoms with Gasteiger partial charge in [0.2, 0.25) is 0 Å². The Morgan fingerprint density at radius 2 is 2.06 bits per heavy atom. The summed E-state index contributed by atoms with van der Waals surface area (Å²) in [5.74, 6) is 0. The Morgan fingerprint density at radius 3 is 2.69 bits per heavy atom. The van der Waals surface area contributed by atoms with E-state index in [9.17, 15) is 0 Å². The Balaban J connectivity index is 2.12. The summed E-state index contributed by atoms with van der Waals surface area (Å²) in [4.78, 5) is 0. The average Bonchev–Trinajstić information content (AvgIpc) is 2.63. The number of benzene rings is 1. The lowest BCUT2D eigenvalue weighted by Gasteiger charge is -2.19. The van der Waals surface area contributed by atoms with Crippen molar-refractivity contribution in [1.29, 1.82) is 0 Å². The van der Waals surface area contributed by atoms with E-state index in [2.05, 4.69) is 32.0 Å². The lowest BCUT2D eigenvalue weighted by Crippen LogP contribution is -2.25. The molecule has 84 valence electrons. The maximum Gasteiger partial charge on any atom is 0.133 e. The van der Waals surface area contributed by atoms with Gasteiger partial charge in [-0.15, -0.1) is 0 Å². The monoisotopic (exact) mass is 215 g/mol. The van der Waals surface area contributed by atoms with Crippen molar-refractivity contribution >= 4 is 11.0 Å². The van der Waals surface area contributed by atoms with Crippen LogP contribution >= 0.6 is 0 Å². The zero-order valence-electron chi connectivity index (χ0n) is 9.79. The average molecular weight is 215 g/mol. The first-order valence-corrected chi connectivity index (χ1v) is 5.77. The summed E-state index contributed by atoms with van der Waals surface area (Å²) < 4.78 is 5.36. The summed E-state index contributed by atoms with van der Waals surface area (Å²) >= 11 is 0. The van der Waals surface area contributed by atoms with Crippen LogP contribution in [0.2, 0.25) is 0 Å². The highest BCUT2D eigenvalue weighted by molar-refractivity contribution is 5.78. The van der Waals surface area contributed by atoms with Crippen LogP contribution in [0.3, 0.4) is 0 Å². The first kappa shape index (κ1) is 9.91. The predicted molar refractivity (Wildman–Crippen MR) is 65.3 cm³/mol. The Kier molecular flexibility index (Phi) is 1.79. The molecule has 1 heterocycles. The van der Waals surface area contributed by atoms with E-state index in [0.29, 0.717) is 5.41 Å². The van der Waals surface area contributed by atoms with Gasteiger partial charge in [0.15, 0.2) is 0 Å². The minimum atomic E-state index is 0.179. The third-order valence-corrected chi connectivity index (χ3v) is 4.27. The van der Waals surface area contributed by atoms with E-state index in [0.717, 1.165) is 12.1 Å². The molecule has 0 saturated heterocycles. The quantitative estimate of drug-likeness (QED) is 0.836. The van der Waals surface area contributed by atoms with Crippen LogP contribution in [0.25, 0.3) is 11.0 Å². The number of nitrogens with two attached hydrogens (primary N) is 1. The molecule has 1 aliphatic rings. The molecule has 1 fully saturated rings. The number of rotatable bonds is 2. The van der Waals surface area contributed by atoms with Crippen LogP contribution in [0.5, 0.6) is 0 Å². The minimum Gasteiger partial charge on any atom is -0.464 e. The summed E-state index contributed by atoms with van der Waals surface area (Å²) in [6.07, 6.45) is 2.92. The summed E-state index contributed by atoms with van der Waals surface area (Å²) in [5, 5.41) is 1.17. The summed E-state index contributed by atoms with van der Waals surface area (Å²) in [5.41, 5.74) is 8.79. The van der Waals surface area contributed by atoms with Gasteiger partial charge >= 0.3 is 0 Å². The molecule has 2 N–H and O–H groups in total. The predicted octanol–water partition coefficient (Wildman–Crippen LogP) is 3.06. The lowest BCUT2D eigenvalue weighted by molar-refractivity contribution is 0.503. The Morgan fingerprint density at radius 1 is 1.31 bits per heavy atom. The van der Waals surface area contributed by atoms with Gasteiger partial charge < -0.3 is 10.2 Å². The van der Waals surface area contributed by atoms with Gasteiger partial charge in [-0.25, -0.2) is 0 Å². The molecule has 1 saturated carbocycles. The largest absolute Gasteiger partial charge is 0.464 e. The maximum absolute atomic E-state index is 5.97. The number of hydrogen-bond acceptors (Lipinski definition) is 2. The second kappa shape index (κ2) is 2.89. The van der Waals surface area contributed by atoms with Crippen LogP contribution in [0.15, 0.2) is 34.9 Å². The molecule has 2 aromatic rings. The molecular formula is C14H17NO. The highest BCUT2D eigenvalue weighted by atomic mass is 16.3. The molecule has 0 bridgehead atoms. The van der Waals surface area contributed by atoms with E-state index in [1.54, 1.807) is 6.26 Å². The van der Waals surface area contributed by atoms with E-state index >= 15 is 0 Å². The van der Waals surface area contributed by atoms with Crippen molar-refractivity contribution in [2.75, 3.05) is 6.54 Å². The number of hydrogen-bond donors (Lipinski definition) is 1. The lowest BCUT2D eigenvalue weighted by atomic mass is 9.87. The third kappa shape index (κ3) is 1.11. The van der Waals surface area contributed by atoms with Crippen molar-refractivity contribution < 1.29 is 4.42 Å². The Bertz CT molecular complexity index is 540. The number of furan rings is 1. The van der Waals surface area contributed by atoms with Crippen molar-refractivity contribution in [3.63, 3.8) is 0 Å². The van der Waals surface area contributed by atoms with Gasteiger partial charge in [-0.05, 0) is 35.6 Å². The molecule has 0 radical (unpaired) electrons. The highest BCUT2D eigenvalue weighted by Gasteiger charge is 2.60. The molecule has 1 aromatic heterocycles. The van der Waals surface area contributed by atoms with Crippen LogP contribution in [0.1, 0.15) is 25.8 Å². The maximum atomic E-state index is 5.97. The third-order valence-electron chi connectivity index (χ3n) is 4.27. The van der Waals surface area contributed by atoms with Crippen LogP contribution in [-0.4, -0.2) is 6.54 Å². The topological polar surface area (TPSA) is 39.2 Å². The Hall–Kier alpha value is -1.28. The van der Waals surface area contributed by atoms with Gasteiger partial charge in [0, 0.05) is 17.3 Å². The fourth-order valence-electron chi connectivity index (χ4n) is 2.93. The van der Waals surface area contributed by atoms with Crippen molar-refractivity contribution in [3.8, 4) is 0 Å². The van der Waals surface area contributed by atoms with Crippen molar-refractivity contribution in [2.24, 2.45) is 11.1 Å². The van der Waals surface area contributed by atoms with Crippen LogP contribution in [0.4, 0.5) is 0 Å². The Labute approximate surface area is 95.4 Å². The smallest absolute Gasteiger partial charge is 0.133 e. The molecule has 1 unspecified atom stereocenters. The van der Waals surface area contributed by atoms with Gasteiger partial charge in [0.1, 0.15) is 5.58 Å². The van der Waals surface area contributed by atoms with E-state index in [-0.39, 0.29) is 5.41 Å². The molecule has 2 heteroatoms. The zero-order chi connectivity index (χ0) is 11.4. The molecule has 0 spiro atoms. The number of fused-ring (bicyclic) bond motifs is 1. The van der Waals surface area contributed by atoms with Gasteiger partial charge in [-0.3, -0.25) is 0 Å². The van der Waals surface area contributed by atoms with Gasteiger partial charge in [-0.1, -0.05) is 19.9 Å². The van der Waals surface area contributed by atoms with E-state index in [1.807, 2.05) is 6.07 Å². The van der Waals surface area contributed by atoms with Crippen molar-refractivity contribution in [1.82, 2.24) is 0 Å². The highest BCUT2D eigenvalue weighted by Crippen LogP contribution is 2.63. The van der Waals surface area contributed by atoms with Gasteiger partial charge in [-0.2, -0.15) is 0 Å². The first-order valence-electron chi connectivity index (χ1n) is 5.77. The molecule has 3 rings (SSSR count). The van der Waals surface area contributed by atoms with Gasteiger partial charge in [0.25, 0.3) is 0 Å². The van der Waals surface area contributed by atoms with Crippen LogP contribution in [-0.2, 0) is 5.41 Å². The molecule has 1 aliphatic carbocycles. The summed E-state index contributed by atoms with van der Waals surface area (Å²) in [6.45, 7) is 5.31. The van der Waals surface area contributed by atoms with Gasteiger partial charge in [0.05, 0.1) is 6.26 Å². The van der Waals surface area contributed by atoms with E-state index in [4.69, 9.17) is 10.2 Å². The summed E-state index contributed by atoms with van der Waals surface area (Å²) in [6, 6.07) is 8.45. The molecule has 0 aliphatic heterocycles. The standard InChI is InChI=1S/C14H17NO/c1-13(2)8-14(13,9-15)11-3-4-12-10(7-11)5-6-16-12/h3-7H,8-9,15H2,1-2H3.